The van der Waals surface area contributed by atoms with Crippen molar-refractivity contribution in [1.82, 2.24) is 4.90 Å². The van der Waals surface area contributed by atoms with Crippen LogP contribution in [0.15, 0.2) is 42.5 Å². The summed E-state index contributed by atoms with van der Waals surface area (Å²) < 4.78 is 23.2. The number of alkyl halides is 1. The zero-order valence-electron chi connectivity index (χ0n) is 18.7. The highest BCUT2D eigenvalue weighted by atomic mass is 35.5. The van der Waals surface area contributed by atoms with Gasteiger partial charge in [0, 0.05) is 12.2 Å². The molecule has 0 unspecified atom stereocenters. The van der Waals surface area contributed by atoms with Gasteiger partial charge in [-0.25, -0.2) is 9.18 Å². The van der Waals surface area contributed by atoms with Crippen LogP contribution < -0.4 is 9.64 Å². The van der Waals surface area contributed by atoms with E-state index in [2.05, 4.69) is 0 Å². The number of carbonyl (C=O) groups is 2. The van der Waals surface area contributed by atoms with E-state index in [1.54, 1.807) is 21.9 Å². The fourth-order valence-electron chi connectivity index (χ4n) is 3.53. The van der Waals surface area contributed by atoms with Crippen LogP contribution >= 0.6 is 11.6 Å². The van der Waals surface area contributed by atoms with Gasteiger partial charge in [-0.05, 0) is 57.5 Å². The number of hydrogen-bond donors (Lipinski definition) is 0. The molecular weight excluding hydrogens is 435 g/mol. The highest BCUT2D eigenvalue weighted by Crippen LogP contribution is 2.31. The van der Waals surface area contributed by atoms with Gasteiger partial charge in [-0.1, -0.05) is 29.8 Å². The molecule has 0 bridgehead atoms. The van der Waals surface area contributed by atoms with Crippen LogP contribution in [-0.4, -0.2) is 48.4 Å². The van der Waals surface area contributed by atoms with Crippen LogP contribution in [0, 0.1) is 0 Å². The van der Waals surface area contributed by atoms with E-state index in [-0.39, 0.29) is 30.1 Å². The van der Waals surface area contributed by atoms with Crippen molar-refractivity contribution in [3.05, 3.63) is 58.6 Å². The standard InChI is InChI=1S/C24H28ClFN2O4/c1-16-14-28(22(29)19-10-9-18(13-20(19)25)31-12-11-26)21-8-6-5-7-17(21)15-27(16)23(30)32-24(2,3)4/h5-10,13,16H,11-12,14-15H2,1-4H3/t16-/m1/s1. The molecule has 0 saturated heterocycles. The van der Waals surface area contributed by atoms with Crippen molar-refractivity contribution in [3.8, 4) is 5.75 Å². The maximum absolute atomic E-state index is 13.5. The van der Waals surface area contributed by atoms with Gasteiger partial charge >= 0.3 is 6.09 Å². The maximum atomic E-state index is 13.5. The molecule has 0 aliphatic carbocycles. The third-order valence-corrected chi connectivity index (χ3v) is 5.30. The van der Waals surface area contributed by atoms with E-state index < -0.39 is 18.4 Å². The van der Waals surface area contributed by atoms with Gasteiger partial charge in [-0.2, -0.15) is 0 Å². The zero-order chi connectivity index (χ0) is 23.5. The molecule has 0 N–H and O–H groups in total. The quantitative estimate of drug-likeness (QED) is 0.604. The molecule has 3 rings (SSSR count). The third-order valence-electron chi connectivity index (χ3n) is 4.99. The predicted molar refractivity (Wildman–Crippen MR) is 122 cm³/mol. The van der Waals surface area contributed by atoms with Gasteiger partial charge in [0.2, 0.25) is 0 Å². The second-order valence-corrected chi connectivity index (χ2v) is 9.09. The molecule has 6 nitrogen and oxygen atoms in total. The van der Waals surface area contributed by atoms with Crippen molar-refractivity contribution in [2.24, 2.45) is 0 Å². The lowest BCUT2D eigenvalue weighted by molar-refractivity contribution is 0.0167. The summed E-state index contributed by atoms with van der Waals surface area (Å²) in [6, 6.07) is 11.8. The summed E-state index contributed by atoms with van der Waals surface area (Å²) in [6.45, 7) is 7.23. The average Bonchev–Trinajstić information content (AvgIpc) is 2.87. The fourth-order valence-corrected chi connectivity index (χ4v) is 3.78. The number of anilines is 1. The molecule has 0 fully saturated rings. The van der Waals surface area contributed by atoms with Crippen LogP contribution in [0.4, 0.5) is 14.9 Å². The lowest BCUT2D eigenvalue weighted by atomic mass is 10.1. The number of rotatable bonds is 4. The third kappa shape index (κ3) is 5.51. The number of carbonyl (C=O) groups excluding carboxylic acids is 2. The normalized spacial score (nSPS) is 16.2. The summed E-state index contributed by atoms with van der Waals surface area (Å²) in [6.07, 6.45) is -0.429. The van der Waals surface area contributed by atoms with Crippen molar-refractivity contribution in [2.75, 3.05) is 24.7 Å². The number of amides is 2. The number of ether oxygens (including phenoxy) is 2. The molecule has 1 atom stereocenters. The first-order valence-electron chi connectivity index (χ1n) is 10.5. The molecule has 32 heavy (non-hydrogen) atoms. The Bertz CT molecular complexity index is 992. The van der Waals surface area contributed by atoms with Crippen LogP contribution in [0.2, 0.25) is 5.02 Å². The van der Waals surface area contributed by atoms with Crippen molar-refractivity contribution < 1.29 is 23.5 Å². The molecule has 0 saturated carbocycles. The van der Waals surface area contributed by atoms with E-state index in [1.807, 2.05) is 52.0 Å². The van der Waals surface area contributed by atoms with Crippen LogP contribution in [0.3, 0.4) is 0 Å². The first-order chi connectivity index (χ1) is 15.1. The van der Waals surface area contributed by atoms with Gasteiger partial charge in [0.05, 0.1) is 23.2 Å². The summed E-state index contributed by atoms with van der Waals surface area (Å²) in [5.41, 5.74) is 1.21. The second kappa shape index (κ2) is 9.77. The minimum Gasteiger partial charge on any atom is -0.491 e. The van der Waals surface area contributed by atoms with Crippen LogP contribution in [-0.2, 0) is 11.3 Å². The maximum Gasteiger partial charge on any atom is 0.410 e. The number of nitrogens with zero attached hydrogens (tertiary/aromatic N) is 2. The Labute approximate surface area is 192 Å². The van der Waals surface area contributed by atoms with E-state index in [4.69, 9.17) is 21.1 Å². The summed E-state index contributed by atoms with van der Waals surface area (Å²) in [7, 11) is 0. The second-order valence-electron chi connectivity index (χ2n) is 8.68. The Hall–Kier alpha value is -2.80. The molecule has 8 heteroatoms. The summed E-state index contributed by atoms with van der Waals surface area (Å²) in [5.74, 6) is 0.0994. The number of halogens is 2. The minimum absolute atomic E-state index is 0.0822. The summed E-state index contributed by atoms with van der Waals surface area (Å²) in [4.78, 5) is 29.6. The molecule has 2 aromatic rings. The highest BCUT2D eigenvalue weighted by Gasteiger charge is 2.34. The Morgan fingerprint density at radius 1 is 1.19 bits per heavy atom. The molecular formula is C24H28ClFN2O4. The molecule has 1 heterocycles. The van der Waals surface area contributed by atoms with E-state index in [9.17, 15) is 14.0 Å². The van der Waals surface area contributed by atoms with Gasteiger partial charge in [-0.3, -0.25) is 9.69 Å². The van der Waals surface area contributed by atoms with Crippen LogP contribution in [0.1, 0.15) is 43.6 Å². The van der Waals surface area contributed by atoms with Gasteiger partial charge in [0.15, 0.2) is 0 Å². The van der Waals surface area contributed by atoms with Crippen LogP contribution in [0.5, 0.6) is 5.75 Å². The summed E-state index contributed by atoms with van der Waals surface area (Å²) in [5, 5.41) is 0.213. The van der Waals surface area contributed by atoms with Crippen molar-refractivity contribution in [2.45, 2.75) is 45.9 Å². The Morgan fingerprint density at radius 2 is 1.91 bits per heavy atom. The smallest absolute Gasteiger partial charge is 0.410 e. The van der Waals surface area contributed by atoms with E-state index in [1.165, 1.54) is 6.07 Å². The molecule has 0 spiro atoms. The highest BCUT2D eigenvalue weighted by molar-refractivity contribution is 6.34. The van der Waals surface area contributed by atoms with E-state index in [0.717, 1.165) is 5.56 Å². The number of para-hydroxylation sites is 1. The monoisotopic (exact) mass is 462 g/mol. The molecule has 0 aromatic heterocycles. The minimum atomic E-state index is -0.627. The van der Waals surface area contributed by atoms with Gasteiger partial charge < -0.3 is 14.4 Å². The number of benzene rings is 2. The first-order valence-corrected chi connectivity index (χ1v) is 10.9. The lowest BCUT2D eigenvalue weighted by Gasteiger charge is -2.31. The average molecular weight is 463 g/mol. The number of hydrogen-bond acceptors (Lipinski definition) is 4. The molecule has 172 valence electrons. The molecule has 0 radical (unpaired) electrons. The Morgan fingerprint density at radius 3 is 2.56 bits per heavy atom. The van der Waals surface area contributed by atoms with Crippen molar-refractivity contribution >= 4 is 29.3 Å². The van der Waals surface area contributed by atoms with Crippen molar-refractivity contribution in [3.63, 3.8) is 0 Å². The molecule has 2 aromatic carbocycles. The SMILES string of the molecule is C[C@@H]1CN(C(=O)c2ccc(OCCF)cc2Cl)c2ccccc2CN1C(=O)OC(C)(C)C. The number of fused-ring (bicyclic) bond motifs is 1. The van der Waals surface area contributed by atoms with E-state index >= 15 is 0 Å². The molecule has 1 aliphatic rings. The van der Waals surface area contributed by atoms with E-state index in [0.29, 0.717) is 23.5 Å². The largest absolute Gasteiger partial charge is 0.491 e. The molecule has 1 aliphatic heterocycles. The van der Waals surface area contributed by atoms with Crippen molar-refractivity contribution in [1.29, 1.82) is 0 Å². The summed E-state index contributed by atoms with van der Waals surface area (Å²) >= 11 is 6.37. The van der Waals surface area contributed by atoms with Gasteiger partial charge in [0.25, 0.3) is 5.91 Å². The lowest BCUT2D eigenvalue weighted by Crippen LogP contribution is -2.46. The molecule has 2 amide bonds. The topological polar surface area (TPSA) is 59.1 Å². The fraction of sp³-hybridized carbons (Fsp3) is 0.417. The van der Waals surface area contributed by atoms with Gasteiger partial charge in [-0.15, -0.1) is 0 Å². The predicted octanol–water partition coefficient (Wildman–Crippen LogP) is 5.47. The first kappa shape index (κ1) is 23.9. The zero-order valence-corrected chi connectivity index (χ0v) is 19.5. The van der Waals surface area contributed by atoms with Gasteiger partial charge in [0.1, 0.15) is 24.6 Å². The van der Waals surface area contributed by atoms with Crippen LogP contribution in [0.25, 0.3) is 0 Å². The Balaban J connectivity index is 1.92. The Kier molecular flexibility index (Phi) is 7.29.